The van der Waals surface area contributed by atoms with Crippen molar-refractivity contribution in [2.24, 2.45) is 5.92 Å². The minimum Gasteiger partial charge on any atom is -0.850 e. The molecule has 3 rings (SSSR count). The summed E-state index contributed by atoms with van der Waals surface area (Å²) < 4.78 is 37.2. The van der Waals surface area contributed by atoms with Crippen LogP contribution in [0.15, 0.2) is 0 Å². The Kier molecular flexibility index (Phi) is 25.4. The molecule has 0 aromatic carbocycles. The van der Waals surface area contributed by atoms with Gasteiger partial charge in [0.05, 0.1) is 56.8 Å². The van der Waals surface area contributed by atoms with Crippen LogP contribution in [0, 0.1) is 5.92 Å². The topological polar surface area (TPSA) is 237 Å². The summed E-state index contributed by atoms with van der Waals surface area (Å²) in [6.07, 6.45) is -2.81. The maximum atomic E-state index is 13.1. The predicted molar refractivity (Wildman–Crippen MR) is 239 cm³/mol. The largest absolute Gasteiger partial charge is 1.00 e. The molecule has 21 heteroatoms. The van der Waals surface area contributed by atoms with Gasteiger partial charge in [0.15, 0.2) is 5.78 Å². The minimum atomic E-state index is -1.16. The summed E-state index contributed by atoms with van der Waals surface area (Å²) in [6, 6.07) is -2.97. The van der Waals surface area contributed by atoms with E-state index < -0.39 is 100 Å². The van der Waals surface area contributed by atoms with Crippen LogP contribution in [0.3, 0.4) is 0 Å². The van der Waals surface area contributed by atoms with Crippen LogP contribution in [0.1, 0.15) is 144 Å². The third-order valence-electron chi connectivity index (χ3n) is 8.87. The van der Waals surface area contributed by atoms with Crippen LogP contribution < -0.4 is 56.5 Å². The third-order valence-corrected chi connectivity index (χ3v) is 8.87. The Morgan fingerprint density at radius 3 is 1.19 bits per heavy atom. The van der Waals surface area contributed by atoms with E-state index in [1.165, 1.54) is 19.6 Å². The van der Waals surface area contributed by atoms with Crippen LogP contribution in [-0.2, 0) is 52.3 Å². The molecule has 0 aromatic heterocycles. The van der Waals surface area contributed by atoms with Gasteiger partial charge in [0.1, 0.15) is 28.3 Å². The molecular weight excluding hydrogens is 904 g/mol. The van der Waals surface area contributed by atoms with Crippen molar-refractivity contribution in [3.8, 4) is 0 Å². The van der Waals surface area contributed by atoms with Crippen molar-refractivity contribution >= 4 is 48.1 Å². The Balaban J connectivity index is 0.00000117. The van der Waals surface area contributed by atoms with Crippen LogP contribution in [0.2, 0.25) is 0 Å². The number of carbonyl (C=O) groups excluding carboxylic acids is 8. The standard InChI is InChI=1S/C22H38N2O8.C20H32N2O7.C4H9O.K/c1-9-29-17(25)11-15-13-23(19(27)31-21(3,4)5)14-16(12-18(26)30-10-2)24(15)20(28)32-22(6,7)8;1-8-27-16(24)15-13-11-21(17(25)28-19(2,3)4)10-12(9-14(15)23)22(13)18(26)29-20(5,6)7;1-4(2,3)5;/h15-16H,9-14H2,1-8H3;12-13,15H,8-11H2,1-7H3;1-3H3;/q;;-1;+1. The number of esters is 3. The zero-order chi connectivity index (χ0) is 51.3. The van der Waals surface area contributed by atoms with Crippen LogP contribution in [0.5, 0.6) is 0 Å². The molecule has 67 heavy (non-hydrogen) atoms. The molecule has 3 saturated heterocycles. The van der Waals surface area contributed by atoms with Gasteiger partial charge in [-0.05, 0) is 104 Å². The molecule has 0 radical (unpaired) electrons. The first-order valence-electron chi connectivity index (χ1n) is 22.6. The smallest absolute Gasteiger partial charge is 0.850 e. The van der Waals surface area contributed by atoms with E-state index >= 15 is 0 Å². The number of carbonyl (C=O) groups is 8. The first-order valence-corrected chi connectivity index (χ1v) is 22.6. The second-order valence-corrected chi connectivity index (χ2v) is 21.1. The normalized spacial score (nSPS) is 20.8. The number of ether oxygens (including phenoxy) is 7. The molecular formula is C46H79KN4O16. The molecule has 3 aliphatic rings. The quantitative estimate of drug-likeness (QED) is 0.147. The van der Waals surface area contributed by atoms with E-state index in [0.717, 1.165) is 0 Å². The molecule has 5 atom stereocenters. The van der Waals surface area contributed by atoms with Crippen molar-refractivity contribution in [1.82, 2.24) is 19.6 Å². The number of fused-ring (bicyclic) bond motifs is 2. The number of Topliss-reactive ketones (excluding diaryl/α,β-unsaturated/α-hetero) is 1. The summed E-state index contributed by atoms with van der Waals surface area (Å²) in [4.78, 5) is 107. The van der Waals surface area contributed by atoms with E-state index in [4.69, 9.17) is 33.2 Å². The molecule has 0 aromatic rings. The molecule has 4 amide bonds. The second-order valence-electron chi connectivity index (χ2n) is 21.1. The number of hydrogen-bond donors (Lipinski definition) is 0. The van der Waals surface area contributed by atoms with Gasteiger partial charge in [0.2, 0.25) is 0 Å². The van der Waals surface area contributed by atoms with Crippen LogP contribution in [-0.4, -0.2) is 166 Å². The van der Waals surface area contributed by atoms with Gasteiger partial charge < -0.3 is 48.1 Å². The van der Waals surface area contributed by atoms with E-state index in [0.29, 0.717) is 0 Å². The number of amides is 4. The van der Waals surface area contributed by atoms with Crippen molar-refractivity contribution in [3.63, 3.8) is 0 Å². The number of nitrogens with zero attached hydrogens (tertiary/aromatic N) is 4. The van der Waals surface area contributed by atoms with Gasteiger partial charge >= 0.3 is 93.7 Å². The zero-order valence-electron chi connectivity index (χ0n) is 43.8. The summed E-state index contributed by atoms with van der Waals surface area (Å²) in [5, 5.41) is 10.1. The molecule has 0 N–H and O–H groups in total. The van der Waals surface area contributed by atoms with Gasteiger partial charge in [0.25, 0.3) is 0 Å². The van der Waals surface area contributed by atoms with Gasteiger partial charge in [-0.3, -0.25) is 29.0 Å². The van der Waals surface area contributed by atoms with Gasteiger partial charge in [-0.2, -0.15) is 0 Å². The average molecular weight is 983 g/mol. The summed E-state index contributed by atoms with van der Waals surface area (Å²) in [6.45, 7) is 31.5. The number of rotatable bonds is 8. The molecule has 2 bridgehead atoms. The fourth-order valence-electron chi connectivity index (χ4n) is 6.90. The van der Waals surface area contributed by atoms with Gasteiger partial charge in [-0.1, -0.05) is 20.8 Å². The molecule has 3 heterocycles. The number of ketones is 1. The summed E-state index contributed by atoms with van der Waals surface area (Å²) in [7, 11) is 0. The van der Waals surface area contributed by atoms with E-state index in [1.807, 2.05) is 0 Å². The predicted octanol–water partition coefficient (Wildman–Crippen LogP) is 2.63. The zero-order valence-corrected chi connectivity index (χ0v) is 46.9. The van der Waals surface area contributed by atoms with Crippen molar-refractivity contribution in [2.75, 3.05) is 46.0 Å². The van der Waals surface area contributed by atoms with Crippen LogP contribution >= 0.6 is 0 Å². The van der Waals surface area contributed by atoms with E-state index in [-0.39, 0.29) is 122 Å². The number of piperidine rings is 1. The average Bonchev–Trinajstić information content (AvgIpc) is 3.08. The molecule has 3 fully saturated rings. The number of likely N-dealkylation sites (tertiary alicyclic amines) is 1. The Morgan fingerprint density at radius 2 is 0.851 bits per heavy atom. The molecule has 0 spiro atoms. The summed E-state index contributed by atoms with van der Waals surface area (Å²) in [5.74, 6) is -3.19. The van der Waals surface area contributed by atoms with Crippen molar-refractivity contribution < 1.29 is 128 Å². The van der Waals surface area contributed by atoms with Crippen molar-refractivity contribution in [3.05, 3.63) is 0 Å². The summed E-state index contributed by atoms with van der Waals surface area (Å²) in [5.41, 5.74) is -3.70. The third kappa shape index (κ3) is 24.2. The van der Waals surface area contributed by atoms with Crippen LogP contribution in [0.25, 0.3) is 0 Å². The minimum absolute atomic E-state index is 0. The Labute approximate surface area is 440 Å². The van der Waals surface area contributed by atoms with Gasteiger partial charge in [-0.15, -0.1) is 5.60 Å². The first-order chi connectivity index (χ1) is 29.9. The molecule has 3 aliphatic heterocycles. The van der Waals surface area contributed by atoms with E-state index in [1.54, 1.807) is 125 Å². The molecule has 20 nitrogen and oxygen atoms in total. The molecule has 5 unspecified atom stereocenters. The molecule has 0 aliphatic carbocycles. The Morgan fingerprint density at radius 1 is 0.522 bits per heavy atom. The fourth-order valence-corrected chi connectivity index (χ4v) is 6.90. The van der Waals surface area contributed by atoms with Gasteiger partial charge in [-0.25, -0.2) is 19.2 Å². The Hall–Kier alpha value is -3.24. The maximum absolute atomic E-state index is 13.1. The van der Waals surface area contributed by atoms with E-state index in [2.05, 4.69) is 0 Å². The SMILES string of the molecule is CC(C)(C)[O-].CCOC(=O)C1C(=O)CC2CN(C(=O)OC(C)(C)C)CC1N2C(=O)OC(C)(C)C.CCOC(=O)CC1CN(C(=O)OC(C)(C)C)CC(CC(=O)OCC)N1C(=O)OC(C)(C)C.[K+]. The molecule has 380 valence electrons. The number of hydrogen-bond acceptors (Lipinski definition) is 16. The van der Waals surface area contributed by atoms with Crippen LogP contribution in [0.4, 0.5) is 19.2 Å². The number of piperazine rings is 2. The van der Waals surface area contributed by atoms with Crippen molar-refractivity contribution in [1.29, 1.82) is 0 Å². The fraction of sp³-hybridized carbons (Fsp3) is 0.826. The van der Waals surface area contributed by atoms with Crippen molar-refractivity contribution in [2.45, 2.75) is 196 Å². The monoisotopic (exact) mass is 983 g/mol. The van der Waals surface area contributed by atoms with Gasteiger partial charge in [0, 0.05) is 32.6 Å². The molecule has 0 saturated carbocycles. The van der Waals surface area contributed by atoms with E-state index in [9.17, 15) is 43.5 Å². The Bertz CT molecular complexity index is 1650. The summed E-state index contributed by atoms with van der Waals surface area (Å²) >= 11 is 0. The second kappa shape index (κ2) is 26.7. The maximum Gasteiger partial charge on any atom is 1.00 e. The first kappa shape index (κ1) is 63.8.